The summed E-state index contributed by atoms with van der Waals surface area (Å²) in [4.78, 5) is 28.9. The second-order valence-electron chi connectivity index (χ2n) is 10.6. The van der Waals surface area contributed by atoms with E-state index in [0.29, 0.717) is 18.7 Å². The second-order valence-corrected chi connectivity index (χ2v) is 11.5. The number of rotatable bonds is 10. The number of para-hydroxylation sites is 1. The van der Waals surface area contributed by atoms with Crippen LogP contribution in [0.5, 0.6) is 5.75 Å². The molecule has 0 heterocycles. The Morgan fingerprint density at radius 1 is 0.892 bits per heavy atom. The highest BCUT2D eigenvalue weighted by Gasteiger charge is 2.31. The summed E-state index contributed by atoms with van der Waals surface area (Å²) in [5.74, 6) is 0.254. The predicted molar refractivity (Wildman–Crippen MR) is 153 cm³/mol. The molecule has 5 nitrogen and oxygen atoms in total. The third kappa shape index (κ3) is 8.46. The lowest BCUT2D eigenvalue weighted by molar-refractivity contribution is -0.143. The van der Waals surface area contributed by atoms with Gasteiger partial charge < -0.3 is 15.0 Å². The first kappa shape index (κ1) is 28.5. The number of hydrogen-bond donors (Lipinski definition) is 1. The Hall–Kier alpha value is -3.12. The Bertz CT molecular complexity index is 1170. The summed E-state index contributed by atoms with van der Waals surface area (Å²) in [6.45, 7) is 10.3. The van der Waals surface area contributed by atoms with Crippen LogP contribution in [0.1, 0.15) is 51.3 Å². The Kier molecular flexibility index (Phi) is 9.93. The maximum Gasteiger partial charge on any atom is 0.261 e. The summed E-state index contributed by atoms with van der Waals surface area (Å²) in [6.07, 6.45) is 0.403. The van der Waals surface area contributed by atoms with Crippen molar-refractivity contribution in [3.05, 3.63) is 100 Å². The highest BCUT2D eigenvalue weighted by Crippen LogP contribution is 2.31. The average Bonchev–Trinajstić information content (AvgIpc) is 2.85. The van der Waals surface area contributed by atoms with Crippen LogP contribution in [-0.2, 0) is 28.0 Å². The van der Waals surface area contributed by atoms with E-state index in [2.05, 4.69) is 42.0 Å². The molecule has 0 saturated heterocycles. The number of carbonyl (C=O) groups excluding carboxylic acids is 2. The molecule has 3 aromatic carbocycles. The van der Waals surface area contributed by atoms with Crippen molar-refractivity contribution in [2.45, 2.75) is 65.1 Å². The highest BCUT2D eigenvalue weighted by atomic mass is 79.9. The summed E-state index contributed by atoms with van der Waals surface area (Å²) in [5.41, 5.74) is 2.81. The van der Waals surface area contributed by atoms with E-state index in [4.69, 9.17) is 4.74 Å². The zero-order chi connectivity index (χ0) is 27.0. The van der Waals surface area contributed by atoms with Gasteiger partial charge in [-0.05, 0) is 54.2 Å². The topological polar surface area (TPSA) is 58.6 Å². The monoisotopic (exact) mass is 564 g/mol. The lowest BCUT2D eigenvalue weighted by Gasteiger charge is -2.32. The van der Waals surface area contributed by atoms with Gasteiger partial charge in [-0.1, -0.05) is 97.4 Å². The Balaban J connectivity index is 1.93. The normalized spacial score (nSPS) is 12.2. The van der Waals surface area contributed by atoms with Crippen molar-refractivity contribution < 1.29 is 14.3 Å². The summed E-state index contributed by atoms with van der Waals surface area (Å²) >= 11 is 3.47. The zero-order valence-electron chi connectivity index (χ0n) is 22.3. The van der Waals surface area contributed by atoms with Gasteiger partial charge in [0, 0.05) is 23.5 Å². The summed E-state index contributed by atoms with van der Waals surface area (Å²) in [7, 11) is 0. The van der Waals surface area contributed by atoms with Gasteiger partial charge in [-0.15, -0.1) is 0 Å². The maximum absolute atomic E-state index is 13.8. The molecule has 0 saturated carbocycles. The number of nitrogens with zero attached hydrogens (tertiary/aromatic N) is 1. The molecule has 0 aliphatic rings. The summed E-state index contributed by atoms with van der Waals surface area (Å²) in [5, 5.41) is 3.02. The fourth-order valence-corrected chi connectivity index (χ4v) is 4.42. The summed E-state index contributed by atoms with van der Waals surface area (Å²) < 4.78 is 7.05. The number of carbonyl (C=O) groups is 2. The van der Waals surface area contributed by atoms with Crippen molar-refractivity contribution in [3.63, 3.8) is 0 Å². The first-order valence-corrected chi connectivity index (χ1v) is 13.4. The molecule has 3 aromatic rings. The van der Waals surface area contributed by atoms with Crippen LogP contribution in [0.3, 0.4) is 0 Å². The maximum atomic E-state index is 13.8. The van der Waals surface area contributed by atoms with Crippen LogP contribution < -0.4 is 10.1 Å². The van der Waals surface area contributed by atoms with Gasteiger partial charge in [0.1, 0.15) is 11.8 Å². The molecular formula is C31H37BrN2O3. The lowest BCUT2D eigenvalue weighted by atomic mass is 9.86. The molecule has 0 aliphatic carbocycles. The molecule has 196 valence electrons. The molecule has 0 radical (unpaired) electrons. The van der Waals surface area contributed by atoms with Crippen molar-refractivity contribution in [2.24, 2.45) is 0 Å². The molecule has 0 aromatic heterocycles. The van der Waals surface area contributed by atoms with Crippen molar-refractivity contribution in [3.8, 4) is 5.75 Å². The minimum Gasteiger partial charge on any atom is -0.483 e. The number of benzene rings is 3. The van der Waals surface area contributed by atoms with Gasteiger partial charge in [-0.2, -0.15) is 0 Å². The Labute approximate surface area is 229 Å². The number of halogens is 1. The summed E-state index contributed by atoms with van der Waals surface area (Å²) in [6, 6.07) is 24.6. The van der Waals surface area contributed by atoms with Crippen LogP contribution in [0, 0.1) is 0 Å². The minimum atomic E-state index is -0.692. The highest BCUT2D eigenvalue weighted by molar-refractivity contribution is 9.10. The van der Waals surface area contributed by atoms with Crippen LogP contribution in [-0.4, -0.2) is 35.4 Å². The van der Waals surface area contributed by atoms with E-state index in [-0.39, 0.29) is 29.9 Å². The Morgan fingerprint density at radius 2 is 1.51 bits per heavy atom. The quantitative estimate of drug-likeness (QED) is 0.315. The fourth-order valence-electron chi connectivity index (χ4n) is 4.16. The van der Waals surface area contributed by atoms with Crippen molar-refractivity contribution in [2.75, 3.05) is 6.61 Å². The standard InChI is InChI=1S/C31H37BrN2O3/c1-22(2)33-30(36)27(19-23-11-7-6-8-12-23)34(20-24-15-17-25(32)18-16-24)29(35)21-37-28-14-10-9-13-26(28)31(3,4)5/h6-18,22,27H,19-21H2,1-5H3,(H,33,36)/t27-/m1/s1. The van der Waals surface area contributed by atoms with Gasteiger partial charge in [-0.3, -0.25) is 9.59 Å². The van der Waals surface area contributed by atoms with E-state index in [1.165, 1.54) is 0 Å². The molecular weight excluding hydrogens is 528 g/mol. The first-order chi connectivity index (χ1) is 17.5. The van der Waals surface area contributed by atoms with Crippen LogP contribution in [0.2, 0.25) is 0 Å². The molecule has 0 spiro atoms. The van der Waals surface area contributed by atoms with Gasteiger partial charge >= 0.3 is 0 Å². The van der Waals surface area contributed by atoms with Crippen LogP contribution in [0.25, 0.3) is 0 Å². The third-order valence-electron chi connectivity index (χ3n) is 6.01. The molecule has 37 heavy (non-hydrogen) atoms. The molecule has 1 atom stereocenters. The van der Waals surface area contributed by atoms with Crippen molar-refractivity contribution in [1.29, 1.82) is 0 Å². The second kappa shape index (κ2) is 12.9. The van der Waals surface area contributed by atoms with E-state index >= 15 is 0 Å². The van der Waals surface area contributed by atoms with Gasteiger partial charge in [0.15, 0.2) is 6.61 Å². The molecule has 6 heteroatoms. The number of nitrogens with one attached hydrogen (secondary N) is 1. The predicted octanol–water partition coefficient (Wildman–Crippen LogP) is 6.29. The van der Waals surface area contributed by atoms with E-state index in [1.807, 2.05) is 92.7 Å². The lowest BCUT2D eigenvalue weighted by Crippen LogP contribution is -2.52. The van der Waals surface area contributed by atoms with Crippen LogP contribution in [0.15, 0.2) is 83.3 Å². The average molecular weight is 566 g/mol. The number of ether oxygens (including phenoxy) is 1. The van der Waals surface area contributed by atoms with E-state index in [0.717, 1.165) is 21.2 Å². The largest absolute Gasteiger partial charge is 0.483 e. The fraction of sp³-hybridized carbons (Fsp3) is 0.355. The van der Waals surface area contributed by atoms with Gasteiger partial charge in [-0.25, -0.2) is 0 Å². The Morgan fingerprint density at radius 3 is 2.14 bits per heavy atom. The minimum absolute atomic E-state index is 0.0506. The van der Waals surface area contributed by atoms with E-state index in [1.54, 1.807) is 4.90 Å². The first-order valence-electron chi connectivity index (χ1n) is 12.6. The molecule has 1 N–H and O–H groups in total. The van der Waals surface area contributed by atoms with Gasteiger partial charge in [0.25, 0.3) is 5.91 Å². The van der Waals surface area contributed by atoms with Crippen LogP contribution >= 0.6 is 15.9 Å². The molecule has 0 aliphatic heterocycles. The van der Waals surface area contributed by atoms with E-state index in [9.17, 15) is 9.59 Å². The number of amides is 2. The molecule has 2 amide bonds. The van der Waals surface area contributed by atoms with Crippen molar-refractivity contribution in [1.82, 2.24) is 10.2 Å². The van der Waals surface area contributed by atoms with Crippen LogP contribution in [0.4, 0.5) is 0 Å². The molecule has 0 unspecified atom stereocenters. The smallest absolute Gasteiger partial charge is 0.261 e. The van der Waals surface area contributed by atoms with Gasteiger partial charge in [0.2, 0.25) is 5.91 Å². The van der Waals surface area contributed by atoms with Crippen molar-refractivity contribution >= 4 is 27.7 Å². The zero-order valence-corrected chi connectivity index (χ0v) is 23.9. The SMILES string of the molecule is CC(C)NC(=O)[C@@H](Cc1ccccc1)N(Cc1ccc(Br)cc1)C(=O)COc1ccccc1C(C)(C)C. The molecule has 0 fully saturated rings. The molecule has 0 bridgehead atoms. The van der Waals surface area contributed by atoms with E-state index < -0.39 is 6.04 Å². The molecule has 3 rings (SSSR count). The number of hydrogen-bond acceptors (Lipinski definition) is 3. The third-order valence-corrected chi connectivity index (χ3v) is 6.54. The van der Waals surface area contributed by atoms with Gasteiger partial charge in [0.05, 0.1) is 0 Å².